The average molecular weight is 321 g/mol. The Labute approximate surface area is 98.0 Å². The van der Waals surface area contributed by atoms with Crippen LogP contribution in [0, 0.1) is 0 Å². The lowest BCUT2D eigenvalue weighted by Crippen LogP contribution is -2.37. The number of halogens is 2. The third-order valence-corrected chi connectivity index (χ3v) is 0.916. The van der Waals surface area contributed by atoms with Gasteiger partial charge in [0.1, 0.15) is 0 Å². The van der Waals surface area contributed by atoms with Gasteiger partial charge in [0.15, 0.2) is 0 Å². The zero-order valence-corrected chi connectivity index (χ0v) is 10.7. The van der Waals surface area contributed by atoms with E-state index in [9.17, 15) is 4.79 Å². The third kappa shape index (κ3) is 14.5. The van der Waals surface area contributed by atoms with Gasteiger partial charge < -0.3 is 11.1 Å². The van der Waals surface area contributed by atoms with Crippen LogP contribution >= 0.6 is 34.0 Å². The van der Waals surface area contributed by atoms with E-state index >= 15 is 0 Å². The Bertz CT molecular complexity index is 163. The Morgan fingerprint density at radius 2 is 2.00 bits per heavy atom. The number of aliphatic imine (C=N–C) groups is 1. The number of amides is 1. The molecule has 80 valence electrons. The summed E-state index contributed by atoms with van der Waals surface area (Å²) in [6.45, 7) is 2.33. The van der Waals surface area contributed by atoms with E-state index in [-0.39, 0.29) is 45.8 Å². The van der Waals surface area contributed by atoms with Gasteiger partial charge in [-0.3, -0.25) is 15.2 Å². The largest absolute Gasteiger partial charge is 0.369 e. The van der Waals surface area contributed by atoms with Gasteiger partial charge in [0.25, 0.3) is 0 Å². The number of hydrogen-bond donors (Lipinski definition) is 4. The van der Waals surface area contributed by atoms with Gasteiger partial charge >= 0.3 is 0 Å². The van der Waals surface area contributed by atoms with Crippen molar-refractivity contribution in [1.82, 2.24) is 10.7 Å². The normalized spacial score (nSPS) is 9.23. The summed E-state index contributed by atoms with van der Waals surface area (Å²) in [5.74, 6) is 5.00. The predicted molar refractivity (Wildman–Crippen MR) is 63.1 cm³/mol. The van der Waals surface area contributed by atoms with E-state index in [1.165, 1.54) is 6.92 Å². The van der Waals surface area contributed by atoms with Crippen LogP contribution in [0.15, 0.2) is 4.99 Å². The van der Waals surface area contributed by atoms with Crippen molar-refractivity contribution in [3.63, 3.8) is 0 Å². The van der Waals surface area contributed by atoms with E-state index in [2.05, 4.69) is 15.7 Å². The second-order valence-corrected chi connectivity index (χ2v) is 1.89. The van der Waals surface area contributed by atoms with Crippen LogP contribution in [0.2, 0.25) is 0 Å². The fourth-order valence-corrected chi connectivity index (χ4v) is 0.454. The molecule has 0 aliphatic heterocycles. The van der Waals surface area contributed by atoms with Gasteiger partial charge in [0, 0.05) is 13.5 Å². The molecule has 0 aromatic heterocycles. The molecule has 0 bridgehead atoms. The summed E-state index contributed by atoms with van der Waals surface area (Å²) in [5, 5.41) is 2.55. The van der Waals surface area contributed by atoms with Crippen molar-refractivity contribution in [2.24, 2.45) is 16.6 Å². The highest BCUT2D eigenvalue weighted by molar-refractivity contribution is 8.93. The third-order valence-electron chi connectivity index (χ3n) is 0.916. The molecule has 0 atom stereocenters. The van der Waals surface area contributed by atoms with E-state index in [0.29, 0.717) is 13.1 Å². The molecule has 0 aliphatic rings. The van der Waals surface area contributed by atoms with Crippen molar-refractivity contribution < 1.29 is 4.79 Å². The SMILES string of the molecule is Br.Br.CC(=O)NCCN=C(N)NN. The molecular formula is C5H15Br2N5O. The molecule has 0 heterocycles. The zero-order valence-electron chi connectivity index (χ0n) is 7.24. The van der Waals surface area contributed by atoms with Crippen LogP contribution in [0.1, 0.15) is 6.92 Å². The first-order valence-electron chi connectivity index (χ1n) is 3.17. The number of carbonyl (C=O) groups excluding carboxylic acids is 1. The van der Waals surface area contributed by atoms with Crippen LogP contribution in [0.5, 0.6) is 0 Å². The number of hydrazine groups is 1. The van der Waals surface area contributed by atoms with Gasteiger partial charge in [-0.25, -0.2) is 5.84 Å². The first kappa shape index (κ1) is 18.4. The first-order valence-corrected chi connectivity index (χ1v) is 3.17. The molecule has 6 nitrogen and oxygen atoms in total. The highest BCUT2D eigenvalue weighted by Crippen LogP contribution is 1.67. The second kappa shape index (κ2) is 11.7. The molecule has 0 aliphatic carbocycles. The molecule has 0 aromatic carbocycles. The molecule has 8 heteroatoms. The van der Waals surface area contributed by atoms with Gasteiger partial charge in [-0.1, -0.05) is 0 Å². The minimum atomic E-state index is -0.0838. The van der Waals surface area contributed by atoms with Crippen LogP contribution in [-0.2, 0) is 4.79 Å². The van der Waals surface area contributed by atoms with Crippen molar-refractivity contribution in [2.45, 2.75) is 6.92 Å². The molecule has 0 aromatic rings. The van der Waals surface area contributed by atoms with Crippen LogP contribution in [-0.4, -0.2) is 25.0 Å². The standard InChI is InChI=1S/C5H13N5O.2BrH/c1-4(11)8-2-3-9-5(6)10-7;;/h2-3,7H2,1H3,(H,8,11)(H3,6,9,10);2*1H. The van der Waals surface area contributed by atoms with E-state index in [4.69, 9.17) is 11.6 Å². The number of rotatable bonds is 3. The zero-order chi connectivity index (χ0) is 8.69. The predicted octanol–water partition coefficient (Wildman–Crippen LogP) is -0.944. The quantitative estimate of drug-likeness (QED) is 0.177. The summed E-state index contributed by atoms with van der Waals surface area (Å²) >= 11 is 0. The summed E-state index contributed by atoms with van der Waals surface area (Å²) in [7, 11) is 0. The van der Waals surface area contributed by atoms with E-state index in [0.717, 1.165) is 0 Å². The van der Waals surface area contributed by atoms with E-state index < -0.39 is 0 Å². The van der Waals surface area contributed by atoms with Crippen LogP contribution in [0.25, 0.3) is 0 Å². The van der Waals surface area contributed by atoms with Crippen molar-refractivity contribution in [1.29, 1.82) is 0 Å². The topological polar surface area (TPSA) is 106 Å². The number of nitrogens with one attached hydrogen (secondary N) is 2. The minimum Gasteiger partial charge on any atom is -0.369 e. The molecule has 0 saturated heterocycles. The lowest BCUT2D eigenvalue weighted by atomic mass is 10.6. The Morgan fingerprint density at radius 1 is 1.46 bits per heavy atom. The second-order valence-electron chi connectivity index (χ2n) is 1.89. The molecule has 1 amide bonds. The Kier molecular flexibility index (Phi) is 16.5. The maximum atomic E-state index is 10.3. The van der Waals surface area contributed by atoms with Crippen LogP contribution in [0.3, 0.4) is 0 Å². The molecule has 0 fully saturated rings. The fraction of sp³-hybridized carbons (Fsp3) is 0.600. The molecule has 0 unspecified atom stereocenters. The number of nitrogens with zero attached hydrogens (tertiary/aromatic N) is 1. The molecule has 0 saturated carbocycles. The van der Waals surface area contributed by atoms with Crippen molar-refractivity contribution >= 4 is 45.8 Å². The number of hydrogen-bond acceptors (Lipinski definition) is 3. The van der Waals surface area contributed by atoms with Gasteiger partial charge in [-0.05, 0) is 0 Å². The van der Waals surface area contributed by atoms with E-state index in [1.807, 2.05) is 0 Å². The highest BCUT2D eigenvalue weighted by atomic mass is 79.9. The van der Waals surface area contributed by atoms with Crippen molar-refractivity contribution in [2.75, 3.05) is 13.1 Å². The van der Waals surface area contributed by atoms with Gasteiger partial charge in [-0.15, -0.1) is 34.0 Å². The van der Waals surface area contributed by atoms with Gasteiger partial charge in [0.2, 0.25) is 11.9 Å². The van der Waals surface area contributed by atoms with Crippen LogP contribution in [0.4, 0.5) is 0 Å². The number of carbonyl (C=O) groups is 1. The smallest absolute Gasteiger partial charge is 0.216 e. The van der Waals surface area contributed by atoms with Crippen LogP contribution < -0.4 is 22.3 Å². The average Bonchev–Trinajstić information content (AvgIpc) is 1.97. The summed E-state index contributed by atoms with van der Waals surface area (Å²) in [5.41, 5.74) is 7.36. The monoisotopic (exact) mass is 319 g/mol. The molecule has 0 spiro atoms. The Balaban J connectivity index is -0.000000500. The Hall–Kier alpha value is -0.340. The maximum absolute atomic E-state index is 10.3. The maximum Gasteiger partial charge on any atom is 0.216 e. The highest BCUT2D eigenvalue weighted by Gasteiger charge is 1.88. The molecular weight excluding hydrogens is 306 g/mol. The van der Waals surface area contributed by atoms with Gasteiger partial charge in [0.05, 0.1) is 6.54 Å². The number of guanidine groups is 1. The fourth-order valence-electron chi connectivity index (χ4n) is 0.454. The number of nitrogens with two attached hydrogens (primary N) is 2. The molecule has 0 rings (SSSR count). The van der Waals surface area contributed by atoms with E-state index in [1.54, 1.807) is 0 Å². The summed E-state index contributed by atoms with van der Waals surface area (Å²) in [4.78, 5) is 14.1. The molecule has 0 radical (unpaired) electrons. The van der Waals surface area contributed by atoms with Gasteiger partial charge in [-0.2, -0.15) is 0 Å². The van der Waals surface area contributed by atoms with Crippen molar-refractivity contribution in [3.8, 4) is 0 Å². The summed E-state index contributed by atoms with van der Waals surface area (Å²) < 4.78 is 0. The minimum absolute atomic E-state index is 0. The Morgan fingerprint density at radius 3 is 2.38 bits per heavy atom. The molecule has 13 heavy (non-hydrogen) atoms. The lowest BCUT2D eigenvalue weighted by molar-refractivity contribution is -0.118. The lowest BCUT2D eigenvalue weighted by Gasteiger charge is -1.99. The first-order chi connectivity index (χ1) is 5.16. The summed E-state index contributed by atoms with van der Waals surface area (Å²) in [6.07, 6.45) is 0. The van der Waals surface area contributed by atoms with Crippen molar-refractivity contribution in [3.05, 3.63) is 0 Å². The summed E-state index contributed by atoms with van der Waals surface area (Å²) in [6, 6.07) is 0. The molecule has 6 N–H and O–H groups in total.